The molecule has 3 N–H and O–H groups in total. The first kappa shape index (κ1) is 12.2. The highest BCUT2D eigenvalue weighted by molar-refractivity contribution is 5.64. The summed E-state index contributed by atoms with van der Waals surface area (Å²) in [7, 11) is 0. The smallest absolute Gasteiger partial charge is 0.328 e. The molecular weight excluding hydrogens is 238 g/mol. The van der Waals surface area contributed by atoms with E-state index in [4.69, 9.17) is 5.26 Å². The molecule has 18 heavy (non-hydrogen) atoms. The van der Waals surface area contributed by atoms with E-state index in [1.54, 1.807) is 6.07 Å². The lowest BCUT2D eigenvalue weighted by atomic mass is 9.97. The molecule has 0 unspecified atom stereocenters. The average Bonchev–Trinajstić information content (AvgIpc) is 2.33. The molecule has 0 radical (unpaired) electrons. The Hall–Kier alpha value is -2.24. The van der Waals surface area contributed by atoms with Gasteiger partial charge in [-0.15, -0.1) is 0 Å². The molecule has 2 heterocycles. The molecule has 0 amide bonds. The molecule has 0 atom stereocenters. The summed E-state index contributed by atoms with van der Waals surface area (Å²) in [5.74, 6) is -0.000579. The van der Waals surface area contributed by atoms with E-state index in [1.165, 1.54) is 12.3 Å². The lowest BCUT2D eigenvalue weighted by molar-refractivity contribution is -0.384. The molecule has 1 saturated heterocycles. The molecule has 8 nitrogen and oxygen atoms in total. The van der Waals surface area contributed by atoms with Crippen LogP contribution in [0.5, 0.6) is 0 Å². The first-order valence-corrected chi connectivity index (χ1v) is 5.26. The van der Waals surface area contributed by atoms with Gasteiger partial charge in [0.1, 0.15) is 17.2 Å². The number of nitrogens with zero attached hydrogens (tertiary/aromatic N) is 3. The van der Waals surface area contributed by atoms with Gasteiger partial charge in [-0.05, 0) is 6.07 Å². The van der Waals surface area contributed by atoms with E-state index in [1.807, 2.05) is 0 Å². The van der Waals surface area contributed by atoms with Crippen molar-refractivity contribution in [3.8, 4) is 6.07 Å². The van der Waals surface area contributed by atoms with Crippen molar-refractivity contribution in [2.45, 2.75) is 5.60 Å². The van der Waals surface area contributed by atoms with Crippen molar-refractivity contribution in [2.75, 3.05) is 25.0 Å². The molecule has 0 aliphatic carbocycles. The molecule has 8 heteroatoms. The van der Waals surface area contributed by atoms with Crippen molar-refractivity contribution in [2.24, 2.45) is 0 Å². The highest BCUT2D eigenvalue weighted by Crippen LogP contribution is 2.26. The monoisotopic (exact) mass is 249 g/mol. The Bertz CT molecular complexity index is 521. The van der Waals surface area contributed by atoms with Gasteiger partial charge < -0.3 is 15.7 Å². The van der Waals surface area contributed by atoms with Crippen LogP contribution in [0.2, 0.25) is 0 Å². The van der Waals surface area contributed by atoms with Crippen molar-refractivity contribution in [3.63, 3.8) is 0 Å². The third kappa shape index (κ3) is 2.22. The lowest BCUT2D eigenvalue weighted by Crippen LogP contribution is -2.63. The van der Waals surface area contributed by atoms with E-state index in [9.17, 15) is 15.2 Å². The van der Waals surface area contributed by atoms with Crippen LogP contribution >= 0.6 is 0 Å². The van der Waals surface area contributed by atoms with Gasteiger partial charge in [0.25, 0.3) is 0 Å². The lowest BCUT2D eigenvalue weighted by Gasteiger charge is -2.37. The Morgan fingerprint density at radius 2 is 2.44 bits per heavy atom. The van der Waals surface area contributed by atoms with Crippen LogP contribution in [0.1, 0.15) is 5.56 Å². The fraction of sp³-hybridized carbons (Fsp3) is 0.400. The third-order valence-electron chi connectivity index (χ3n) is 2.72. The number of β-amino-alcohol motifs (C(OH)–C–C–N with tert-alkyl or cyclic N) is 1. The highest BCUT2D eigenvalue weighted by atomic mass is 16.6. The van der Waals surface area contributed by atoms with E-state index in [2.05, 4.69) is 15.6 Å². The normalized spacial score (nSPS) is 16.4. The van der Waals surface area contributed by atoms with Crippen LogP contribution in [0.3, 0.4) is 0 Å². The maximum atomic E-state index is 10.9. The summed E-state index contributed by atoms with van der Waals surface area (Å²) >= 11 is 0. The van der Waals surface area contributed by atoms with E-state index < -0.39 is 10.5 Å². The standard InChI is InChI=1S/C10H11N5O3/c11-3-7-1-2-13-9(8(7)15(17)18)14-6-10(16)4-12-5-10/h1-2,12,16H,4-6H2,(H,13,14). The van der Waals surface area contributed by atoms with Crippen molar-refractivity contribution >= 4 is 11.5 Å². The van der Waals surface area contributed by atoms with Crippen LogP contribution in [0.25, 0.3) is 0 Å². The molecule has 1 aromatic heterocycles. The van der Waals surface area contributed by atoms with Crippen molar-refractivity contribution in [1.82, 2.24) is 10.3 Å². The minimum absolute atomic E-state index is 0.000579. The van der Waals surface area contributed by atoms with Gasteiger partial charge >= 0.3 is 5.69 Å². The van der Waals surface area contributed by atoms with Gasteiger partial charge in [0.15, 0.2) is 0 Å². The van der Waals surface area contributed by atoms with Crippen molar-refractivity contribution in [3.05, 3.63) is 27.9 Å². The van der Waals surface area contributed by atoms with Crippen LogP contribution < -0.4 is 10.6 Å². The number of anilines is 1. The number of aliphatic hydroxyl groups is 1. The Morgan fingerprint density at radius 1 is 1.72 bits per heavy atom. The van der Waals surface area contributed by atoms with Crippen LogP contribution in [-0.4, -0.2) is 40.2 Å². The summed E-state index contributed by atoms with van der Waals surface area (Å²) in [5.41, 5.74) is -1.34. The predicted octanol–water partition coefficient (Wildman–Crippen LogP) is -0.392. The van der Waals surface area contributed by atoms with Gasteiger partial charge in [-0.3, -0.25) is 10.1 Å². The van der Waals surface area contributed by atoms with E-state index in [0.717, 1.165) is 0 Å². The summed E-state index contributed by atoms with van der Waals surface area (Å²) in [4.78, 5) is 14.1. The second-order valence-corrected chi connectivity index (χ2v) is 4.11. The minimum atomic E-state index is -0.918. The molecule has 94 valence electrons. The van der Waals surface area contributed by atoms with E-state index in [-0.39, 0.29) is 23.6 Å². The largest absolute Gasteiger partial charge is 0.385 e. The first-order chi connectivity index (χ1) is 8.56. The van der Waals surface area contributed by atoms with E-state index >= 15 is 0 Å². The minimum Gasteiger partial charge on any atom is -0.385 e. The SMILES string of the molecule is N#Cc1ccnc(NCC2(O)CNC2)c1[N+](=O)[O-]. The van der Waals surface area contributed by atoms with E-state index in [0.29, 0.717) is 13.1 Å². The molecule has 1 aromatic rings. The summed E-state index contributed by atoms with van der Waals surface area (Å²) < 4.78 is 0. The fourth-order valence-corrected chi connectivity index (χ4v) is 1.65. The van der Waals surface area contributed by atoms with Gasteiger partial charge in [0.2, 0.25) is 5.82 Å². The zero-order valence-electron chi connectivity index (χ0n) is 9.38. The van der Waals surface area contributed by atoms with Gasteiger partial charge in [-0.2, -0.15) is 5.26 Å². The molecule has 0 saturated carbocycles. The van der Waals surface area contributed by atoms with Crippen LogP contribution in [0, 0.1) is 21.4 Å². The topological polar surface area (TPSA) is 124 Å². The number of nitriles is 1. The second-order valence-electron chi connectivity index (χ2n) is 4.11. The molecule has 1 aliphatic heterocycles. The van der Waals surface area contributed by atoms with Crippen molar-refractivity contribution in [1.29, 1.82) is 5.26 Å². The Morgan fingerprint density at radius 3 is 2.94 bits per heavy atom. The van der Waals surface area contributed by atoms with Gasteiger partial charge in [-0.1, -0.05) is 0 Å². The first-order valence-electron chi connectivity index (χ1n) is 5.26. The maximum Gasteiger partial charge on any atom is 0.328 e. The van der Waals surface area contributed by atoms with Crippen LogP contribution in [0.15, 0.2) is 12.3 Å². The van der Waals surface area contributed by atoms with Gasteiger partial charge in [0.05, 0.1) is 4.92 Å². The zero-order chi connectivity index (χ0) is 13.2. The summed E-state index contributed by atoms with van der Waals surface area (Å²) in [6.07, 6.45) is 1.32. The third-order valence-corrected chi connectivity index (χ3v) is 2.72. The fourth-order valence-electron chi connectivity index (χ4n) is 1.65. The predicted molar refractivity (Wildman–Crippen MR) is 61.9 cm³/mol. The zero-order valence-corrected chi connectivity index (χ0v) is 9.38. The summed E-state index contributed by atoms with van der Waals surface area (Å²) in [6, 6.07) is 3.03. The van der Waals surface area contributed by atoms with Crippen molar-refractivity contribution < 1.29 is 10.0 Å². The molecule has 0 spiro atoms. The number of hydrogen-bond acceptors (Lipinski definition) is 7. The van der Waals surface area contributed by atoms with Gasteiger partial charge in [0, 0.05) is 25.8 Å². The second kappa shape index (κ2) is 4.56. The number of hydrogen-bond donors (Lipinski definition) is 3. The average molecular weight is 249 g/mol. The molecule has 1 fully saturated rings. The van der Waals surface area contributed by atoms with Crippen LogP contribution in [-0.2, 0) is 0 Å². The Balaban J connectivity index is 2.22. The quantitative estimate of drug-likeness (QED) is 0.490. The summed E-state index contributed by atoms with van der Waals surface area (Å²) in [5, 5.41) is 35.2. The molecule has 2 rings (SSSR count). The molecule has 0 bridgehead atoms. The molecule has 0 aromatic carbocycles. The Labute approximate surface area is 102 Å². The van der Waals surface area contributed by atoms with Crippen LogP contribution in [0.4, 0.5) is 11.5 Å². The molecule has 1 aliphatic rings. The number of nitrogens with one attached hydrogen (secondary N) is 2. The Kier molecular flexibility index (Phi) is 3.10. The number of nitro groups is 1. The highest BCUT2D eigenvalue weighted by Gasteiger charge is 2.35. The molecular formula is C10H11N5O3. The number of rotatable bonds is 4. The van der Waals surface area contributed by atoms with Gasteiger partial charge in [-0.25, -0.2) is 4.98 Å². The number of pyridine rings is 1. The summed E-state index contributed by atoms with van der Waals surface area (Å²) in [6.45, 7) is 0.986. The number of aromatic nitrogens is 1. The maximum absolute atomic E-state index is 10.9.